The van der Waals surface area contributed by atoms with Gasteiger partial charge in [-0.2, -0.15) is 0 Å². The lowest BCUT2D eigenvalue weighted by molar-refractivity contribution is 0.112. The van der Waals surface area contributed by atoms with E-state index in [4.69, 9.17) is 9.15 Å². The summed E-state index contributed by atoms with van der Waals surface area (Å²) in [5, 5.41) is 6.27. The fraction of sp³-hybridized carbons (Fsp3) is 0.467. The molecule has 1 aliphatic heterocycles. The average Bonchev–Trinajstić information content (AvgIpc) is 3.15. The van der Waals surface area contributed by atoms with Crippen molar-refractivity contribution in [2.45, 2.75) is 19.1 Å². The van der Waals surface area contributed by atoms with Gasteiger partial charge in [0.25, 0.3) is 0 Å². The molecule has 0 radical (unpaired) electrons. The predicted octanol–water partition coefficient (Wildman–Crippen LogP) is 2.23. The van der Waals surface area contributed by atoms with Crippen LogP contribution < -0.4 is 10.6 Å². The van der Waals surface area contributed by atoms with E-state index in [1.807, 2.05) is 31.1 Å². The second-order valence-corrected chi connectivity index (χ2v) is 6.60. The van der Waals surface area contributed by atoms with Crippen molar-refractivity contribution in [3.05, 3.63) is 34.7 Å². The minimum atomic E-state index is -0.268. The molecule has 124 valence electrons. The number of aromatic nitrogens is 1. The molecule has 3 heterocycles. The number of likely N-dealkylation sites (N-methyl/N-ethyl adjacent to an activating group) is 1. The van der Waals surface area contributed by atoms with E-state index < -0.39 is 0 Å². The number of fused-ring (bicyclic) bond motifs is 1. The third-order valence-electron chi connectivity index (χ3n) is 3.67. The normalized spacial score (nSPS) is 15.3. The number of carbonyl (C=O) groups is 1. The van der Waals surface area contributed by atoms with Crippen molar-refractivity contribution in [3.63, 3.8) is 0 Å². The molecule has 7 nitrogen and oxygen atoms in total. The molecule has 1 unspecified atom stereocenters. The summed E-state index contributed by atoms with van der Waals surface area (Å²) in [5.74, 6) is 0.817. The number of urea groups is 1. The van der Waals surface area contributed by atoms with Crippen LogP contribution in [0, 0.1) is 0 Å². The van der Waals surface area contributed by atoms with Crippen LogP contribution in [-0.2, 0) is 17.8 Å². The first-order valence-electron chi connectivity index (χ1n) is 7.44. The van der Waals surface area contributed by atoms with Gasteiger partial charge in [-0.1, -0.05) is 11.3 Å². The molecular weight excluding hydrogens is 316 g/mol. The Morgan fingerprint density at radius 3 is 3.09 bits per heavy atom. The lowest BCUT2D eigenvalue weighted by Crippen LogP contribution is -2.36. The second kappa shape index (κ2) is 7.12. The summed E-state index contributed by atoms with van der Waals surface area (Å²) in [7, 11) is 3.89. The van der Waals surface area contributed by atoms with Gasteiger partial charge >= 0.3 is 6.03 Å². The SMILES string of the molecule is CN(C)C(CNC(=O)Nc1nc2c(s1)COCC2)c1ccco1. The number of nitrogens with zero attached hydrogens (tertiary/aromatic N) is 2. The van der Waals surface area contributed by atoms with Gasteiger partial charge in [0.15, 0.2) is 5.13 Å². The number of thiazole rings is 1. The highest BCUT2D eigenvalue weighted by Crippen LogP contribution is 2.27. The Balaban J connectivity index is 1.55. The molecule has 23 heavy (non-hydrogen) atoms. The Kier molecular flexibility index (Phi) is 4.94. The summed E-state index contributed by atoms with van der Waals surface area (Å²) in [6.07, 6.45) is 2.43. The van der Waals surface area contributed by atoms with Gasteiger partial charge in [0, 0.05) is 13.0 Å². The lowest BCUT2D eigenvalue weighted by Gasteiger charge is -2.22. The molecule has 0 fully saturated rings. The lowest BCUT2D eigenvalue weighted by atomic mass is 10.2. The Hall–Kier alpha value is -1.90. The third kappa shape index (κ3) is 3.90. The number of nitrogens with one attached hydrogen (secondary N) is 2. The van der Waals surface area contributed by atoms with E-state index in [0.717, 1.165) is 22.8 Å². The number of hydrogen-bond acceptors (Lipinski definition) is 6. The number of anilines is 1. The van der Waals surface area contributed by atoms with Crippen LogP contribution in [0.2, 0.25) is 0 Å². The summed E-state index contributed by atoms with van der Waals surface area (Å²) < 4.78 is 10.8. The molecule has 0 aromatic carbocycles. The van der Waals surface area contributed by atoms with Crippen molar-refractivity contribution in [2.75, 3.05) is 32.6 Å². The quantitative estimate of drug-likeness (QED) is 0.875. The maximum Gasteiger partial charge on any atom is 0.321 e. The van der Waals surface area contributed by atoms with Crippen LogP contribution in [0.25, 0.3) is 0 Å². The molecule has 2 amide bonds. The molecule has 0 saturated carbocycles. The van der Waals surface area contributed by atoms with Crippen LogP contribution in [0.4, 0.5) is 9.93 Å². The molecule has 2 aromatic heterocycles. The molecule has 0 saturated heterocycles. The van der Waals surface area contributed by atoms with Gasteiger partial charge in [-0.3, -0.25) is 10.2 Å². The molecule has 0 spiro atoms. The van der Waals surface area contributed by atoms with Crippen molar-refractivity contribution in [3.8, 4) is 0 Å². The molecule has 1 atom stereocenters. The van der Waals surface area contributed by atoms with E-state index in [9.17, 15) is 4.79 Å². The fourth-order valence-corrected chi connectivity index (χ4v) is 3.37. The third-order valence-corrected chi connectivity index (χ3v) is 4.65. The fourth-order valence-electron chi connectivity index (χ4n) is 2.43. The highest BCUT2D eigenvalue weighted by Gasteiger charge is 2.19. The second-order valence-electron chi connectivity index (χ2n) is 5.52. The summed E-state index contributed by atoms with van der Waals surface area (Å²) in [5.41, 5.74) is 1.03. The molecule has 2 N–H and O–H groups in total. The monoisotopic (exact) mass is 336 g/mol. The average molecular weight is 336 g/mol. The molecule has 2 aromatic rings. The minimum Gasteiger partial charge on any atom is -0.468 e. The summed E-state index contributed by atoms with van der Waals surface area (Å²) >= 11 is 1.46. The van der Waals surface area contributed by atoms with Crippen LogP contribution in [0.3, 0.4) is 0 Å². The number of rotatable bonds is 5. The zero-order chi connectivity index (χ0) is 16.2. The smallest absolute Gasteiger partial charge is 0.321 e. The standard InChI is InChI=1S/C15H20N4O3S/c1-19(2)11(12-4-3-6-22-12)8-16-14(20)18-15-17-10-5-7-21-9-13(10)23-15/h3-4,6,11H,5,7-9H2,1-2H3,(H2,16,17,18,20). The molecule has 3 rings (SSSR count). The first kappa shape index (κ1) is 16.0. The van der Waals surface area contributed by atoms with Gasteiger partial charge < -0.3 is 14.5 Å². The zero-order valence-electron chi connectivity index (χ0n) is 13.2. The Labute approximate surface area is 138 Å². The number of carbonyl (C=O) groups excluding carboxylic acids is 1. The van der Waals surface area contributed by atoms with E-state index in [2.05, 4.69) is 15.6 Å². The number of ether oxygens (including phenoxy) is 1. The van der Waals surface area contributed by atoms with Crippen LogP contribution in [0.15, 0.2) is 22.8 Å². The number of hydrogen-bond donors (Lipinski definition) is 2. The Morgan fingerprint density at radius 2 is 2.39 bits per heavy atom. The molecule has 0 bridgehead atoms. The Bertz CT molecular complexity index is 630. The van der Waals surface area contributed by atoms with Crippen LogP contribution in [0.5, 0.6) is 0 Å². The first-order valence-corrected chi connectivity index (χ1v) is 8.26. The topological polar surface area (TPSA) is 79.6 Å². The number of furan rings is 1. The summed E-state index contributed by atoms with van der Waals surface area (Å²) in [6.45, 7) is 1.72. The first-order chi connectivity index (χ1) is 11.1. The van der Waals surface area contributed by atoms with E-state index in [1.54, 1.807) is 6.26 Å². The van der Waals surface area contributed by atoms with Gasteiger partial charge in [0.2, 0.25) is 0 Å². The van der Waals surface area contributed by atoms with Crippen LogP contribution in [-0.4, -0.2) is 43.2 Å². The van der Waals surface area contributed by atoms with Gasteiger partial charge in [-0.15, -0.1) is 0 Å². The van der Waals surface area contributed by atoms with Crippen molar-refractivity contribution in [1.29, 1.82) is 0 Å². The Morgan fingerprint density at radius 1 is 1.52 bits per heavy atom. The predicted molar refractivity (Wildman–Crippen MR) is 87.6 cm³/mol. The van der Waals surface area contributed by atoms with E-state index in [1.165, 1.54) is 11.3 Å². The van der Waals surface area contributed by atoms with E-state index >= 15 is 0 Å². The van der Waals surface area contributed by atoms with Crippen LogP contribution >= 0.6 is 11.3 Å². The summed E-state index contributed by atoms with van der Waals surface area (Å²) in [6, 6.07) is 3.46. The van der Waals surface area contributed by atoms with Crippen molar-refractivity contribution in [2.24, 2.45) is 0 Å². The molecular formula is C15H20N4O3S. The zero-order valence-corrected chi connectivity index (χ0v) is 14.0. The number of amides is 2. The van der Waals surface area contributed by atoms with Crippen molar-refractivity contribution < 1.29 is 13.9 Å². The van der Waals surface area contributed by atoms with Crippen LogP contribution in [0.1, 0.15) is 22.4 Å². The maximum atomic E-state index is 12.1. The van der Waals surface area contributed by atoms with E-state index in [0.29, 0.717) is 24.9 Å². The van der Waals surface area contributed by atoms with E-state index in [-0.39, 0.29) is 12.1 Å². The molecule has 1 aliphatic rings. The molecule has 8 heteroatoms. The van der Waals surface area contributed by atoms with Gasteiger partial charge in [0.05, 0.1) is 36.1 Å². The maximum absolute atomic E-state index is 12.1. The van der Waals surface area contributed by atoms with Crippen molar-refractivity contribution >= 4 is 22.5 Å². The highest BCUT2D eigenvalue weighted by atomic mass is 32.1. The van der Waals surface area contributed by atoms with Gasteiger partial charge in [-0.25, -0.2) is 9.78 Å². The van der Waals surface area contributed by atoms with Gasteiger partial charge in [0.1, 0.15) is 5.76 Å². The van der Waals surface area contributed by atoms with Gasteiger partial charge in [-0.05, 0) is 26.2 Å². The minimum absolute atomic E-state index is 0.0198. The highest BCUT2D eigenvalue weighted by molar-refractivity contribution is 7.15. The summed E-state index contributed by atoms with van der Waals surface area (Å²) in [4.78, 5) is 19.6. The largest absolute Gasteiger partial charge is 0.468 e. The molecule has 0 aliphatic carbocycles. The van der Waals surface area contributed by atoms with Crippen molar-refractivity contribution in [1.82, 2.24) is 15.2 Å².